The average Bonchev–Trinajstić information content (AvgIpc) is 3.28. The molecule has 4 aromatic carbocycles. The number of hydrogen-bond donors (Lipinski definition) is 1. The van der Waals surface area contributed by atoms with Crippen LogP contribution in [0.4, 0.5) is 0 Å². The van der Waals surface area contributed by atoms with Crippen LogP contribution in [0.2, 0.25) is 0 Å². The molecule has 1 heterocycles. The molecule has 0 radical (unpaired) electrons. The standard InChI is InChI=1S/C32H27BrN2O3S/c1-3-35-29-14-8-21(31(36)25-7-5-4-6-20(25)2)18-26(29)27-19-22(9-15-30(27)35)32(37)28(34-38)16-17-39-24-12-10-23(33)11-13-24/h4-15,18-19,38H,3,16-17H2,1-2H3/b34-28-. The Morgan fingerprint density at radius 1 is 0.897 bits per heavy atom. The third kappa shape index (κ3) is 5.42. The number of halogens is 1. The van der Waals surface area contributed by atoms with E-state index in [1.54, 1.807) is 17.8 Å². The molecule has 5 rings (SSSR count). The predicted molar refractivity (Wildman–Crippen MR) is 163 cm³/mol. The van der Waals surface area contributed by atoms with Gasteiger partial charge in [-0.2, -0.15) is 0 Å². The second kappa shape index (κ2) is 11.6. The molecule has 0 atom stereocenters. The van der Waals surface area contributed by atoms with Crippen LogP contribution in [-0.2, 0) is 6.54 Å². The smallest absolute Gasteiger partial charge is 0.210 e. The summed E-state index contributed by atoms with van der Waals surface area (Å²) in [5.41, 5.74) is 4.77. The third-order valence-corrected chi connectivity index (χ3v) is 8.44. The van der Waals surface area contributed by atoms with Crippen molar-refractivity contribution < 1.29 is 14.8 Å². The zero-order valence-electron chi connectivity index (χ0n) is 21.6. The number of Topliss-reactive ketones (excluding diaryl/α,β-unsaturated/α-hetero) is 1. The van der Waals surface area contributed by atoms with Crippen LogP contribution in [0.15, 0.2) is 99.5 Å². The van der Waals surface area contributed by atoms with E-state index in [-0.39, 0.29) is 17.3 Å². The molecule has 0 amide bonds. The molecule has 0 fully saturated rings. The molecule has 0 saturated heterocycles. The molecule has 0 bridgehead atoms. The van der Waals surface area contributed by atoms with Crippen molar-refractivity contribution in [2.45, 2.75) is 31.7 Å². The van der Waals surface area contributed by atoms with Crippen LogP contribution in [0.1, 0.15) is 45.2 Å². The fourth-order valence-corrected chi connectivity index (χ4v) is 6.01. The summed E-state index contributed by atoms with van der Waals surface area (Å²) < 4.78 is 3.18. The van der Waals surface area contributed by atoms with Gasteiger partial charge in [0.15, 0.2) is 5.78 Å². The summed E-state index contributed by atoms with van der Waals surface area (Å²) >= 11 is 5.03. The van der Waals surface area contributed by atoms with Gasteiger partial charge in [-0.25, -0.2) is 0 Å². The first-order chi connectivity index (χ1) is 18.9. The van der Waals surface area contributed by atoms with Gasteiger partial charge < -0.3 is 9.77 Å². The molecule has 0 aliphatic rings. The van der Waals surface area contributed by atoms with Crippen molar-refractivity contribution in [2.24, 2.45) is 5.16 Å². The van der Waals surface area contributed by atoms with Crippen LogP contribution < -0.4 is 0 Å². The molecule has 1 N–H and O–H groups in total. The number of nitrogens with zero attached hydrogens (tertiary/aromatic N) is 2. The Bertz CT molecular complexity index is 1740. The van der Waals surface area contributed by atoms with Crippen LogP contribution in [0.25, 0.3) is 21.8 Å². The molecule has 0 unspecified atom stereocenters. The van der Waals surface area contributed by atoms with Crippen molar-refractivity contribution in [3.63, 3.8) is 0 Å². The van der Waals surface area contributed by atoms with E-state index < -0.39 is 0 Å². The number of ketones is 2. The first kappa shape index (κ1) is 26.9. The molecular formula is C32H27BrN2O3S. The molecule has 0 aliphatic heterocycles. The zero-order chi connectivity index (χ0) is 27.5. The van der Waals surface area contributed by atoms with E-state index in [1.807, 2.05) is 85.8 Å². The molecule has 5 nitrogen and oxygen atoms in total. The Morgan fingerprint density at radius 3 is 2.18 bits per heavy atom. The maximum Gasteiger partial charge on any atom is 0.210 e. The number of thioether (sulfide) groups is 1. The monoisotopic (exact) mass is 598 g/mol. The molecule has 5 aromatic rings. The van der Waals surface area contributed by atoms with E-state index in [0.717, 1.165) is 43.3 Å². The van der Waals surface area contributed by atoms with E-state index in [1.165, 1.54) is 0 Å². The fourth-order valence-electron chi connectivity index (χ4n) is 4.88. The number of fused-ring (bicyclic) bond motifs is 3. The van der Waals surface area contributed by atoms with Gasteiger partial charge >= 0.3 is 0 Å². The highest BCUT2D eigenvalue weighted by Gasteiger charge is 2.19. The second-order valence-corrected chi connectivity index (χ2v) is 11.4. The van der Waals surface area contributed by atoms with Crippen molar-refractivity contribution in [3.8, 4) is 0 Å². The van der Waals surface area contributed by atoms with Crippen molar-refractivity contribution in [1.29, 1.82) is 0 Å². The molecule has 0 spiro atoms. The quantitative estimate of drug-likeness (QED) is 0.0608. The molecule has 7 heteroatoms. The molecule has 1 aromatic heterocycles. The first-order valence-corrected chi connectivity index (χ1v) is 14.5. The van der Waals surface area contributed by atoms with Gasteiger partial charge in [-0.1, -0.05) is 45.4 Å². The SMILES string of the molecule is CCn1c2ccc(C(=O)/C(CCSc3ccc(Br)cc3)=N\O)cc2c2cc(C(=O)c3ccccc3C)ccc21. The Hall–Kier alpha value is -3.68. The summed E-state index contributed by atoms with van der Waals surface area (Å²) in [5.74, 6) is 0.270. The van der Waals surface area contributed by atoms with Crippen LogP contribution in [0.5, 0.6) is 0 Å². The van der Waals surface area contributed by atoms with E-state index in [9.17, 15) is 14.8 Å². The summed E-state index contributed by atoms with van der Waals surface area (Å²) in [7, 11) is 0. The highest BCUT2D eigenvalue weighted by molar-refractivity contribution is 9.10. The molecule has 0 aliphatic carbocycles. The molecule has 196 valence electrons. The second-order valence-electron chi connectivity index (χ2n) is 9.28. The van der Waals surface area contributed by atoms with E-state index in [4.69, 9.17) is 0 Å². The topological polar surface area (TPSA) is 71.7 Å². The minimum absolute atomic E-state index is 0.0300. The number of rotatable bonds is 9. The van der Waals surface area contributed by atoms with Gasteiger partial charge in [-0.3, -0.25) is 9.59 Å². The lowest BCUT2D eigenvalue weighted by Gasteiger charge is -2.06. The lowest BCUT2D eigenvalue weighted by Crippen LogP contribution is -2.15. The number of oxime groups is 1. The minimum atomic E-state index is -0.305. The predicted octanol–water partition coefficient (Wildman–Crippen LogP) is 8.31. The number of aromatic nitrogens is 1. The summed E-state index contributed by atoms with van der Waals surface area (Å²) in [6.45, 7) is 4.75. The van der Waals surface area contributed by atoms with Gasteiger partial charge in [-0.05, 0) is 80.1 Å². The van der Waals surface area contributed by atoms with Crippen molar-refractivity contribution in [3.05, 3.63) is 112 Å². The number of hydrogen-bond acceptors (Lipinski definition) is 5. The van der Waals surface area contributed by atoms with E-state index in [2.05, 4.69) is 32.6 Å². The number of carbonyl (C=O) groups excluding carboxylic acids is 2. The first-order valence-electron chi connectivity index (χ1n) is 12.7. The zero-order valence-corrected chi connectivity index (χ0v) is 24.1. The van der Waals surface area contributed by atoms with E-state index in [0.29, 0.717) is 28.9 Å². The lowest BCUT2D eigenvalue weighted by molar-refractivity contribution is 0.103. The summed E-state index contributed by atoms with van der Waals surface area (Å²) in [5, 5.41) is 14.8. The Labute approximate surface area is 239 Å². The Balaban J connectivity index is 1.46. The van der Waals surface area contributed by atoms with Gasteiger partial charge in [0.25, 0.3) is 0 Å². The van der Waals surface area contributed by atoms with Crippen LogP contribution in [0, 0.1) is 6.92 Å². The average molecular weight is 600 g/mol. The molecular weight excluding hydrogens is 572 g/mol. The summed E-state index contributed by atoms with van der Waals surface area (Å²) in [4.78, 5) is 27.8. The highest BCUT2D eigenvalue weighted by Crippen LogP contribution is 2.32. The maximum atomic E-state index is 13.3. The maximum absolute atomic E-state index is 13.3. The van der Waals surface area contributed by atoms with Crippen molar-refractivity contribution >= 4 is 66.8 Å². The van der Waals surface area contributed by atoms with Gasteiger partial charge in [0.2, 0.25) is 5.78 Å². The van der Waals surface area contributed by atoms with E-state index >= 15 is 0 Å². The van der Waals surface area contributed by atoms with Crippen molar-refractivity contribution in [2.75, 3.05) is 5.75 Å². The lowest BCUT2D eigenvalue weighted by atomic mass is 9.97. The van der Waals surface area contributed by atoms with Gasteiger partial charge in [0.05, 0.1) is 0 Å². The van der Waals surface area contributed by atoms with Crippen LogP contribution in [0.3, 0.4) is 0 Å². The number of carbonyl (C=O) groups is 2. The van der Waals surface area contributed by atoms with Gasteiger partial charge in [0.1, 0.15) is 5.71 Å². The normalized spacial score (nSPS) is 11.8. The fraction of sp³-hybridized carbons (Fsp3) is 0.156. The van der Waals surface area contributed by atoms with Crippen molar-refractivity contribution in [1.82, 2.24) is 4.57 Å². The van der Waals surface area contributed by atoms with Gasteiger partial charge in [-0.15, -0.1) is 11.8 Å². The Morgan fingerprint density at radius 2 is 1.54 bits per heavy atom. The molecule has 39 heavy (non-hydrogen) atoms. The largest absolute Gasteiger partial charge is 0.411 e. The van der Waals surface area contributed by atoms with Gasteiger partial charge in [0, 0.05) is 66.6 Å². The van der Waals surface area contributed by atoms with Crippen LogP contribution in [-0.4, -0.2) is 32.8 Å². The summed E-state index contributed by atoms with van der Waals surface area (Å²) in [6.07, 6.45) is 0.333. The minimum Gasteiger partial charge on any atom is -0.411 e. The third-order valence-electron chi connectivity index (χ3n) is 6.90. The summed E-state index contributed by atoms with van der Waals surface area (Å²) in [6, 6.07) is 26.8. The number of aryl methyl sites for hydroxylation is 2. The Kier molecular flexibility index (Phi) is 8.00. The molecule has 0 saturated carbocycles. The highest BCUT2D eigenvalue weighted by atomic mass is 79.9. The number of benzene rings is 4. The van der Waals surface area contributed by atoms with Crippen LogP contribution >= 0.6 is 27.7 Å².